The minimum atomic E-state index is -0.364. The van der Waals surface area contributed by atoms with E-state index >= 15 is 0 Å². The predicted octanol–water partition coefficient (Wildman–Crippen LogP) is 3.02. The Morgan fingerprint density at radius 2 is 1.95 bits per heavy atom. The molecule has 2 aromatic rings. The molecule has 1 amide bonds. The van der Waals surface area contributed by atoms with Gasteiger partial charge in [0, 0.05) is 19.2 Å². The van der Waals surface area contributed by atoms with Gasteiger partial charge in [0.1, 0.15) is 17.3 Å². The fourth-order valence-corrected chi connectivity index (χ4v) is 1.99. The van der Waals surface area contributed by atoms with E-state index in [-0.39, 0.29) is 11.7 Å². The lowest BCUT2D eigenvalue weighted by atomic mass is 10.2. The number of furan rings is 1. The minimum Gasteiger partial charge on any atom is -0.464 e. The van der Waals surface area contributed by atoms with Gasteiger partial charge in [0.2, 0.25) is 0 Å². The van der Waals surface area contributed by atoms with Crippen LogP contribution in [0.15, 0.2) is 40.8 Å². The second kappa shape index (κ2) is 7.04. The quantitative estimate of drug-likeness (QED) is 0.821. The molecule has 1 aromatic heterocycles. The van der Waals surface area contributed by atoms with Crippen LogP contribution in [0.25, 0.3) is 0 Å². The first-order valence-corrected chi connectivity index (χ1v) is 6.69. The number of hydrogen-bond acceptors (Lipinski definition) is 3. The molecular weight excluding hydrogens is 273 g/mol. The second-order valence-corrected chi connectivity index (χ2v) is 4.74. The van der Waals surface area contributed by atoms with Crippen molar-refractivity contribution >= 4 is 5.91 Å². The summed E-state index contributed by atoms with van der Waals surface area (Å²) in [5.74, 6) is 0.961. The zero-order valence-electron chi connectivity index (χ0n) is 12.1. The summed E-state index contributed by atoms with van der Waals surface area (Å²) in [6, 6.07) is 9.20. The van der Waals surface area contributed by atoms with E-state index in [2.05, 4.69) is 0 Å². The fraction of sp³-hybridized carbons (Fsp3) is 0.312. The minimum absolute atomic E-state index is 0.180. The van der Waals surface area contributed by atoms with Crippen LogP contribution in [0.1, 0.15) is 21.9 Å². The normalized spacial score (nSPS) is 10.6. The van der Waals surface area contributed by atoms with Crippen LogP contribution in [0.3, 0.4) is 0 Å². The molecule has 21 heavy (non-hydrogen) atoms. The van der Waals surface area contributed by atoms with E-state index in [1.54, 1.807) is 12.0 Å². The van der Waals surface area contributed by atoms with Gasteiger partial charge >= 0.3 is 0 Å². The summed E-state index contributed by atoms with van der Waals surface area (Å²) in [5.41, 5.74) is 0.441. The van der Waals surface area contributed by atoms with E-state index in [1.807, 2.05) is 19.1 Å². The van der Waals surface area contributed by atoms with Crippen LogP contribution in [0, 0.1) is 12.7 Å². The van der Waals surface area contributed by atoms with Crippen molar-refractivity contribution in [2.45, 2.75) is 13.5 Å². The summed E-state index contributed by atoms with van der Waals surface area (Å²) < 4.78 is 23.5. The van der Waals surface area contributed by atoms with E-state index < -0.39 is 0 Å². The van der Waals surface area contributed by atoms with Crippen LogP contribution in [0.2, 0.25) is 0 Å². The van der Waals surface area contributed by atoms with Crippen molar-refractivity contribution in [3.63, 3.8) is 0 Å². The predicted molar refractivity (Wildman–Crippen MR) is 76.5 cm³/mol. The van der Waals surface area contributed by atoms with Crippen molar-refractivity contribution in [1.82, 2.24) is 4.90 Å². The number of hydrogen-bond donors (Lipinski definition) is 0. The summed E-state index contributed by atoms with van der Waals surface area (Å²) in [6.45, 7) is 3.07. The topological polar surface area (TPSA) is 42.7 Å². The number of amides is 1. The Kier molecular flexibility index (Phi) is 5.11. The number of rotatable bonds is 6. The number of carbonyl (C=O) groups excluding carboxylic acids is 1. The first-order chi connectivity index (χ1) is 10.1. The van der Waals surface area contributed by atoms with Gasteiger partial charge in [-0.25, -0.2) is 4.39 Å². The highest BCUT2D eigenvalue weighted by Crippen LogP contribution is 2.13. The zero-order valence-corrected chi connectivity index (χ0v) is 12.1. The highest BCUT2D eigenvalue weighted by molar-refractivity contribution is 5.94. The molecule has 0 aliphatic carbocycles. The molecule has 112 valence electrons. The van der Waals surface area contributed by atoms with Gasteiger partial charge in [0.25, 0.3) is 5.91 Å². The maximum absolute atomic E-state index is 12.9. The molecule has 4 nitrogen and oxygen atoms in total. The molecule has 1 aromatic carbocycles. The Labute approximate surface area is 123 Å². The molecular formula is C16H18FNO3. The number of nitrogens with zero attached hydrogens (tertiary/aromatic N) is 1. The lowest BCUT2D eigenvalue weighted by Crippen LogP contribution is -2.33. The van der Waals surface area contributed by atoms with Crippen LogP contribution in [0.4, 0.5) is 4.39 Å². The van der Waals surface area contributed by atoms with Crippen LogP contribution in [-0.4, -0.2) is 31.1 Å². The summed E-state index contributed by atoms with van der Waals surface area (Å²) in [4.78, 5) is 14.1. The Hall–Kier alpha value is -2.14. The molecule has 0 bridgehead atoms. The Morgan fingerprint density at radius 3 is 2.52 bits per heavy atom. The SMILES string of the molecule is COCCN(Cc1ccc(C)o1)C(=O)c1ccc(F)cc1. The first kappa shape index (κ1) is 15.3. The van der Waals surface area contributed by atoms with Crippen LogP contribution in [0.5, 0.6) is 0 Å². The molecule has 2 rings (SSSR count). The average molecular weight is 291 g/mol. The highest BCUT2D eigenvalue weighted by atomic mass is 19.1. The van der Waals surface area contributed by atoms with E-state index in [0.29, 0.717) is 31.0 Å². The van der Waals surface area contributed by atoms with Gasteiger partial charge in [0.05, 0.1) is 13.2 Å². The third-order valence-electron chi connectivity index (χ3n) is 3.09. The molecule has 0 saturated heterocycles. The largest absolute Gasteiger partial charge is 0.464 e. The van der Waals surface area contributed by atoms with E-state index in [9.17, 15) is 9.18 Å². The summed E-state index contributed by atoms with van der Waals surface area (Å²) in [7, 11) is 1.58. The molecule has 0 fully saturated rings. The lowest BCUT2D eigenvalue weighted by molar-refractivity contribution is 0.0666. The first-order valence-electron chi connectivity index (χ1n) is 6.69. The summed E-state index contributed by atoms with van der Waals surface area (Å²) in [5, 5.41) is 0. The molecule has 0 radical (unpaired) electrons. The highest BCUT2D eigenvalue weighted by Gasteiger charge is 2.17. The maximum atomic E-state index is 12.9. The van der Waals surface area contributed by atoms with Crippen molar-refractivity contribution in [1.29, 1.82) is 0 Å². The smallest absolute Gasteiger partial charge is 0.254 e. The van der Waals surface area contributed by atoms with Crippen LogP contribution in [-0.2, 0) is 11.3 Å². The standard InChI is InChI=1S/C16H18FNO3/c1-12-3-8-15(21-12)11-18(9-10-20-2)16(19)13-4-6-14(17)7-5-13/h3-8H,9-11H2,1-2H3. The van der Waals surface area contributed by atoms with Gasteiger partial charge in [0.15, 0.2) is 0 Å². The van der Waals surface area contributed by atoms with Crippen LogP contribution >= 0.6 is 0 Å². The molecule has 0 unspecified atom stereocenters. The number of carbonyl (C=O) groups is 1. The van der Waals surface area contributed by atoms with Crippen molar-refractivity contribution in [3.05, 3.63) is 59.3 Å². The van der Waals surface area contributed by atoms with E-state index in [4.69, 9.17) is 9.15 Å². The molecule has 0 atom stereocenters. The van der Waals surface area contributed by atoms with Gasteiger partial charge in [-0.05, 0) is 43.3 Å². The number of ether oxygens (including phenoxy) is 1. The molecule has 0 spiro atoms. The van der Waals surface area contributed by atoms with Crippen molar-refractivity contribution < 1.29 is 18.3 Å². The Bertz CT molecular complexity index is 592. The molecule has 1 heterocycles. The zero-order chi connectivity index (χ0) is 15.2. The maximum Gasteiger partial charge on any atom is 0.254 e. The third-order valence-corrected chi connectivity index (χ3v) is 3.09. The number of benzene rings is 1. The molecule has 0 aliphatic heterocycles. The van der Waals surface area contributed by atoms with Gasteiger partial charge in [-0.15, -0.1) is 0 Å². The number of halogens is 1. The van der Waals surface area contributed by atoms with Crippen molar-refractivity contribution in [3.8, 4) is 0 Å². The van der Waals surface area contributed by atoms with E-state index in [1.165, 1.54) is 24.3 Å². The Morgan fingerprint density at radius 1 is 1.24 bits per heavy atom. The molecule has 0 N–H and O–H groups in total. The summed E-state index contributed by atoms with van der Waals surface area (Å²) in [6.07, 6.45) is 0. The van der Waals surface area contributed by atoms with Crippen molar-refractivity contribution in [2.75, 3.05) is 20.3 Å². The monoisotopic (exact) mass is 291 g/mol. The third kappa shape index (κ3) is 4.16. The fourth-order valence-electron chi connectivity index (χ4n) is 1.99. The number of methoxy groups -OCH3 is 1. The summed E-state index contributed by atoms with van der Waals surface area (Å²) >= 11 is 0. The second-order valence-electron chi connectivity index (χ2n) is 4.74. The average Bonchev–Trinajstić information content (AvgIpc) is 2.89. The van der Waals surface area contributed by atoms with Gasteiger partial charge < -0.3 is 14.1 Å². The van der Waals surface area contributed by atoms with Crippen molar-refractivity contribution in [2.24, 2.45) is 0 Å². The Balaban J connectivity index is 2.14. The van der Waals surface area contributed by atoms with Gasteiger partial charge in [-0.1, -0.05) is 0 Å². The van der Waals surface area contributed by atoms with Crippen LogP contribution < -0.4 is 0 Å². The molecule has 0 aliphatic rings. The molecule has 0 saturated carbocycles. The van der Waals surface area contributed by atoms with Gasteiger partial charge in [-0.3, -0.25) is 4.79 Å². The van der Waals surface area contributed by atoms with Gasteiger partial charge in [-0.2, -0.15) is 0 Å². The number of aryl methyl sites for hydroxylation is 1. The molecule has 5 heteroatoms. The van der Waals surface area contributed by atoms with E-state index in [0.717, 1.165) is 5.76 Å². The lowest BCUT2D eigenvalue weighted by Gasteiger charge is -2.21.